The number of rotatable bonds is 3. The van der Waals surface area contributed by atoms with E-state index in [1.165, 1.54) is 11.3 Å². The van der Waals surface area contributed by atoms with Crippen molar-refractivity contribution in [3.05, 3.63) is 70.9 Å². The van der Waals surface area contributed by atoms with E-state index < -0.39 is 0 Å². The van der Waals surface area contributed by atoms with Crippen LogP contribution in [0.2, 0.25) is 0 Å². The number of nitrogens with one attached hydrogen (secondary N) is 1. The van der Waals surface area contributed by atoms with Gasteiger partial charge in [0.05, 0.1) is 27.8 Å². The number of benzene rings is 1. The highest BCUT2D eigenvalue weighted by Crippen LogP contribution is 2.31. The maximum absolute atomic E-state index is 12.9. The second kappa shape index (κ2) is 7.00. The largest absolute Gasteiger partial charge is 0.320 e. The van der Waals surface area contributed by atoms with Crippen molar-refractivity contribution in [1.29, 1.82) is 0 Å². The van der Waals surface area contributed by atoms with Crippen molar-refractivity contribution in [2.75, 3.05) is 5.32 Å². The Kier molecular flexibility index (Phi) is 4.29. The monoisotopic (exact) mass is 414 g/mol. The van der Waals surface area contributed by atoms with E-state index in [0.29, 0.717) is 16.4 Å². The third-order valence-electron chi connectivity index (χ3n) is 5.00. The van der Waals surface area contributed by atoms with Gasteiger partial charge < -0.3 is 5.32 Å². The van der Waals surface area contributed by atoms with Crippen LogP contribution < -0.4 is 5.32 Å². The van der Waals surface area contributed by atoms with Gasteiger partial charge in [-0.1, -0.05) is 12.1 Å². The summed E-state index contributed by atoms with van der Waals surface area (Å²) in [6.07, 6.45) is 3.40. The highest BCUT2D eigenvalue weighted by molar-refractivity contribution is 7.20. The van der Waals surface area contributed by atoms with Gasteiger partial charge in [0.25, 0.3) is 5.91 Å². The van der Waals surface area contributed by atoms with Crippen molar-refractivity contribution >= 4 is 44.2 Å². The topological polar surface area (TPSA) is 85.6 Å². The number of hydrogen-bond acceptors (Lipinski definition) is 6. The quantitative estimate of drug-likeness (QED) is 0.466. The Hall–Kier alpha value is -3.65. The maximum Gasteiger partial charge on any atom is 0.266 e. The Balaban J connectivity index is 1.42. The van der Waals surface area contributed by atoms with Gasteiger partial charge in [0.1, 0.15) is 22.8 Å². The van der Waals surface area contributed by atoms with E-state index in [4.69, 9.17) is 0 Å². The van der Waals surface area contributed by atoms with Crippen LogP contribution in [-0.2, 0) is 0 Å². The number of nitrogens with zero attached hydrogens (tertiary/aromatic N) is 5. The zero-order valence-corrected chi connectivity index (χ0v) is 17.5. The second-order valence-corrected chi connectivity index (χ2v) is 8.05. The minimum atomic E-state index is -0.171. The van der Waals surface area contributed by atoms with Gasteiger partial charge >= 0.3 is 0 Å². The fourth-order valence-electron chi connectivity index (χ4n) is 3.62. The molecule has 0 atom stereocenters. The molecule has 0 unspecified atom stereocenters. The van der Waals surface area contributed by atoms with Crippen LogP contribution in [-0.4, -0.2) is 30.4 Å². The number of thiophene rings is 1. The van der Waals surface area contributed by atoms with Crippen LogP contribution in [0.25, 0.3) is 27.1 Å². The summed E-state index contributed by atoms with van der Waals surface area (Å²) in [5.41, 5.74) is 4.31. The summed E-state index contributed by atoms with van der Waals surface area (Å²) in [5.74, 6) is 1.27. The average Bonchev–Trinajstić information content (AvgIpc) is 3.30. The molecule has 5 rings (SSSR count). The minimum Gasteiger partial charge on any atom is -0.320 e. The van der Waals surface area contributed by atoms with E-state index in [1.54, 1.807) is 12.5 Å². The average molecular weight is 414 g/mol. The first-order chi connectivity index (χ1) is 14.5. The van der Waals surface area contributed by atoms with Gasteiger partial charge in [0, 0.05) is 11.1 Å². The molecule has 0 saturated carbocycles. The lowest BCUT2D eigenvalue weighted by Gasteiger charge is -2.07. The molecule has 0 fully saturated rings. The Morgan fingerprint density at radius 2 is 1.87 bits per heavy atom. The number of amides is 1. The normalized spacial score (nSPS) is 11.3. The van der Waals surface area contributed by atoms with Crippen LogP contribution in [0.3, 0.4) is 0 Å². The summed E-state index contributed by atoms with van der Waals surface area (Å²) in [7, 11) is 0. The van der Waals surface area contributed by atoms with Gasteiger partial charge in [-0.25, -0.2) is 19.9 Å². The van der Waals surface area contributed by atoms with Gasteiger partial charge in [0.2, 0.25) is 0 Å². The molecule has 4 heterocycles. The van der Waals surface area contributed by atoms with E-state index in [-0.39, 0.29) is 5.91 Å². The molecule has 1 N–H and O–H groups in total. The molecule has 1 aromatic carbocycles. The molecule has 0 radical (unpaired) electrons. The molecule has 0 saturated heterocycles. The minimum absolute atomic E-state index is 0.171. The van der Waals surface area contributed by atoms with Gasteiger partial charge in [-0.3, -0.25) is 9.36 Å². The number of aryl methyl sites for hydroxylation is 3. The van der Waals surface area contributed by atoms with E-state index in [9.17, 15) is 4.79 Å². The van der Waals surface area contributed by atoms with E-state index in [0.717, 1.165) is 38.3 Å². The SMILES string of the molecule is Cc1nc(C)c2c(C)c(C(=O)Nc3ccc(-n4cnc5ccccc54)nc3)sc2n1. The van der Waals surface area contributed by atoms with E-state index in [2.05, 4.69) is 25.3 Å². The maximum atomic E-state index is 12.9. The number of carbonyl (C=O) groups excluding carboxylic acids is 1. The predicted octanol–water partition coefficient (Wildman–Crippen LogP) is 4.60. The number of hydrogen-bond donors (Lipinski definition) is 1. The molecule has 8 heteroatoms. The number of fused-ring (bicyclic) bond motifs is 2. The van der Waals surface area contributed by atoms with Crippen molar-refractivity contribution < 1.29 is 4.79 Å². The van der Waals surface area contributed by atoms with Crippen LogP contribution in [0.1, 0.15) is 26.8 Å². The summed E-state index contributed by atoms with van der Waals surface area (Å²) in [5, 5.41) is 3.89. The molecule has 0 spiro atoms. The van der Waals surface area contributed by atoms with Crippen molar-refractivity contribution in [3.63, 3.8) is 0 Å². The summed E-state index contributed by atoms with van der Waals surface area (Å²) < 4.78 is 1.92. The number of anilines is 1. The molecule has 0 bridgehead atoms. The highest BCUT2D eigenvalue weighted by Gasteiger charge is 2.19. The van der Waals surface area contributed by atoms with Crippen molar-refractivity contribution in [1.82, 2.24) is 24.5 Å². The molecule has 1 amide bonds. The summed E-state index contributed by atoms with van der Waals surface area (Å²) in [6.45, 7) is 5.74. The van der Waals surface area contributed by atoms with Crippen LogP contribution in [0, 0.1) is 20.8 Å². The molecule has 30 heavy (non-hydrogen) atoms. The number of pyridine rings is 1. The molecule has 0 aliphatic rings. The number of imidazole rings is 1. The Morgan fingerprint density at radius 1 is 1.03 bits per heavy atom. The van der Waals surface area contributed by atoms with Crippen molar-refractivity contribution in [2.45, 2.75) is 20.8 Å². The zero-order chi connectivity index (χ0) is 20.8. The summed E-state index contributed by atoms with van der Waals surface area (Å²) in [6, 6.07) is 11.6. The lowest BCUT2D eigenvalue weighted by atomic mass is 10.1. The Morgan fingerprint density at radius 3 is 2.67 bits per heavy atom. The molecule has 5 aromatic rings. The van der Waals surface area contributed by atoms with Crippen LogP contribution in [0.15, 0.2) is 48.9 Å². The Bertz CT molecular complexity index is 1420. The van der Waals surface area contributed by atoms with Crippen LogP contribution in [0.4, 0.5) is 5.69 Å². The van der Waals surface area contributed by atoms with E-state index >= 15 is 0 Å². The molecule has 7 nitrogen and oxygen atoms in total. The first-order valence-corrected chi connectivity index (χ1v) is 10.3. The van der Waals surface area contributed by atoms with Gasteiger partial charge in [0.15, 0.2) is 0 Å². The number of carbonyl (C=O) groups is 1. The van der Waals surface area contributed by atoms with Gasteiger partial charge in [-0.2, -0.15) is 0 Å². The lowest BCUT2D eigenvalue weighted by Crippen LogP contribution is -2.11. The first-order valence-electron chi connectivity index (χ1n) is 9.45. The molecule has 0 aliphatic carbocycles. The lowest BCUT2D eigenvalue weighted by molar-refractivity contribution is 0.103. The van der Waals surface area contributed by atoms with E-state index in [1.807, 2.05) is 61.7 Å². The fraction of sp³-hybridized carbons (Fsp3) is 0.136. The highest BCUT2D eigenvalue weighted by atomic mass is 32.1. The van der Waals surface area contributed by atoms with Gasteiger partial charge in [-0.15, -0.1) is 11.3 Å². The molecular formula is C22H18N6OS. The van der Waals surface area contributed by atoms with Crippen LogP contribution in [0.5, 0.6) is 0 Å². The molecule has 0 aliphatic heterocycles. The van der Waals surface area contributed by atoms with Crippen molar-refractivity contribution in [2.24, 2.45) is 0 Å². The summed E-state index contributed by atoms with van der Waals surface area (Å²) >= 11 is 1.39. The number of aromatic nitrogens is 5. The van der Waals surface area contributed by atoms with Gasteiger partial charge in [-0.05, 0) is 50.6 Å². The first kappa shape index (κ1) is 18.4. The Labute approximate surface area is 176 Å². The predicted molar refractivity (Wildman–Crippen MR) is 118 cm³/mol. The summed E-state index contributed by atoms with van der Waals surface area (Å²) in [4.78, 5) is 32.2. The van der Waals surface area contributed by atoms with Crippen molar-refractivity contribution in [3.8, 4) is 5.82 Å². The third kappa shape index (κ3) is 3.02. The molecule has 4 aromatic heterocycles. The zero-order valence-electron chi connectivity index (χ0n) is 16.7. The third-order valence-corrected chi connectivity index (χ3v) is 6.18. The molecule has 148 valence electrons. The van der Waals surface area contributed by atoms with Crippen LogP contribution >= 0.6 is 11.3 Å². The standard InChI is InChI=1S/C22H18N6OS/c1-12-19-13(2)25-14(3)26-22(19)30-20(12)21(29)27-15-8-9-18(23-10-15)28-11-24-16-6-4-5-7-17(16)28/h4-11H,1-3H3,(H,27,29). The fourth-order valence-corrected chi connectivity index (χ4v) is 4.80. The molecular weight excluding hydrogens is 396 g/mol. The smallest absolute Gasteiger partial charge is 0.266 e. The number of para-hydroxylation sites is 2. The second-order valence-electron chi connectivity index (χ2n) is 7.06.